The summed E-state index contributed by atoms with van der Waals surface area (Å²) in [5.41, 5.74) is 1.71. The van der Waals surface area contributed by atoms with Crippen LogP contribution in [0.4, 0.5) is 11.4 Å². The number of hydrogen-bond acceptors (Lipinski definition) is 7. The van der Waals surface area contributed by atoms with Gasteiger partial charge in [-0.3, -0.25) is 14.9 Å². The van der Waals surface area contributed by atoms with Crippen molar-refractivity contribution in [3.8, 4) is 0 Å². The quantitative estimate of drug-likeness (QED) is 0.404. The van der Waals surface area contributed by atoms with Crippen molar-refractivity contribution in [2.45, 2.75) is 18.4 Å². The maximum atomic E-state index is 12.4. The third-order valence-electron chi connectivity index (χ3n) is 3.82. The second-order valence-electron chi connectivity index (χ2n) is 6.28. The summed E-state index contributed by atoms with van der Waals surface area (Å²) in [6.45, 7) is 1.34. The first-order chi connectivity index (χ1) is 13.1. The van der Waals surface area contributed by atoms with Gasteiger partial charge in [0.15, 0.2) is 0 Å². The normalized spacial score (nSPS) is 11.1. The van der Waals surface area contributed by atoms with E-state index in [-0.39, 0.29) is 22.9 Å². The number of carbonyl (C=O) groups excluding carboxylic acids is 1. The smallest absolute Gasteiger partial charge is 0.321 e. The van der Waals surface area contributed by atoms with Crippen molar-refractivity contribution in [1.29, 1.82) is 0 Å². The van der Waals surface area contributed by atoms with Crippen molar-refractivity contribution in [1.82, 2.24) is 4.72 Å². The number of nitro benzene ring substituents is 1. The second-order valence-corrected chi connectivity index (χ2v) is 8.04. The van der Waals surface area contributed by atoms with Crippen LogP contribution in [0.3, 0.4) is 0 Å². The molecule has 0 fully saturated rings. The zero-order chi connectivity index (χ0) is 20.9. The molecule has 0 saturated carbocycles. The molecule has 2 aromatic rings. The summed E-state index contributed by atoms with van der Waals surface area (Å²) >= 11 is 0. The largest absolute Gasteiger partial charge is 0.460 e. The minimum atomic E-state index is -4.12. The van der Waals surface area contributed by atoms with Gasteiger partial charge in [-0.25, -0.2) is 8.42 Å². The highest BCUT2D eigenvalue weighted by Crippen LogP contribution is 2.29. The van der Waals surface area contributed by atoms with Gasteiger partial charge in [-0.1, -0.05) is 29.8 Å². The predicted molar refractivity (Wildman–Crippen MR) is 104 cm³/mol. The van der Waals surface area contributed by atoms with Crippen LogP contribution in [0.25, 0.3) is 0 Å². The molecule has 0 atom stereocenters. The average Bonchev–Trinajstić information content (AvgIpc) is 2.64. The number of esters is 1. The van der Waals surface area contributed by atoms with Gasteiger partial charge in [0.25, 0.3) is 5.69 Å². The summed E-state index contributed by atoms with van der Waals surface area (Å²) in [7, 11) is -0.897. The standard InChI is InChI=1S/C18H21N3O6S/c1-13-5-4-6-14(9-13)12-27-18(22)11-19-28(25,26)15-7-8-16(20(2)3)17(10-15)21(23)24/h4-10,19H,11-12H2,1-3H3. The van der Waals surface area contributed by atoms with E-state index in [9.17, 15) is 23.3 Å². The first-order valence-electron chi connectivity index (χ1n) is 8.27. The van der Waals surface area contributed by atoms with Crippen LogP contribution in [0.1, 0.15) is 11.1 Å². The van der Waals surface area contributed by atoms with Crippen molar-refractivity contribution in [2.75, 3.05) is 25.5 Å². The van der Waals surface area contributed by atoms with E-state index in [2.05, 4.69) is 4.72 Å². The van der Waals surface area contributed by atoms with E-state index in [1.165, 1.54) is 17.0 Å². The number of carbonyl (C=O) groups is 1. The van der Waals surface area contributed by atoms with Gasteiger partial charge in [-0.05, 0) is 24.6 Å². The van der Waals surface area contributed by atoms with Crippen molar-refractivity contribution in [2.24, 2.45) is 0 Å². The van der Waals surface area contributed by atoms with E-state index in [1.807, 2.05) is 25.1 Å². The van der Waals surface area contributed by atoms with Crippen molar-refractivity contribution >= 4 is 27.4 Å². The molecule has 0 heterocycles. The van der Waals surface area contributed by atoms with Gasteiger partial charge in [0, 0.05) is 20.2 Å². The van der Waals surface area contributed by atoms with Gasteiger partial charge in [0.2, 0.25) is 10.0 Å². The molecule has 1 N–H and O–H groups in total. The Morgan fingerprint density at radius 1 is 1.21 bits per heavy atom. The van der Waals surface area contributed by atoms with Gasteiger partial charge in [-0.15, -0.1) is 0 Å². The van der Waals surface area contributed by atoms with E-state index >= 15 is 0 Å². The van der Waals surface area contributed by atoms with Gasteiger partial charge in [0.05, 0.1) is 9.82 Å². The summed E-state index contributed by atoms with van der Waals surface area (Å²) in [5, 5.41) is 11.2. The van der Waals surface area contributed by atoms with Crippen LogP contribution in [0.2, 0.25) is 0 Å². The Bertz CT molecular complexity index is 989. The van der Waals surface area contributed by atoms with Crippen molar-refractivity contribution < 1.29 is 22.9 Å². The molecular formula is C18H21N3O6S. The monoisotopic (exact) mass is 407 g/mol. The lowest BCUT2D eigenvalue weighted by Crippen LogP contribution is -2.30. The molecule has 0 radical (unpaired) electrons. The van der Waals surface area contributed by atoms with Crippen LogP contribution in [0.15, 0.2) is 47.4 Å². The summed E-state index contributed by atoms with van der Waals surface area (Å²) in [5.74, 6) is -0.760. The third kappa shape index (κ3) is 5.51. The number of hydrogen-bond donors (Lipinski definition) is 1. The Kier molecular flexibility index (Phi) is 6.71. The van der Waals surface area contributed by atoms with Crippen LogP contribution < -0.4 is 9.62 Å². The zero-order valence-corrected chi connectivity index (χ0v) is 16.5. The SMILES string of the molecule is Cc1cccc(COC(=O)CNS(=O)(=O)c2ccc(N(C)C)c([N+](=O)[O-])c2)c1. The number of rotatable bonds is 8. The molecule has 0 aliphatic heterocycles. The number of nitrogens with one attached hydrogen (secondary N) is 1. The Morgan fingerprint density at radius 3 is 2.54 bits per heavy atom. The molecule has 0 unspecified atom stereocenters. The molecule has 2 rings (SSSR count). The Hall–Kier alpha value is -2.98. The lowest BCUT2D eigenvalue weighted by Gasteiger charge is -2.14. The molecule has 0 saturated heterocycles. The van der Waals surface area contributed by atoms with E-state index in [0.29, 0.717) is 0 Å². The van der Waals surface area contributed by atoms with Crippen LogP contribution in [-0.4, -0.2) is 40.0 Å². The van der Waals surface area contributed by atoms with Gasteiger partial charge in [0.1, 0.15) is 18.8 Å². The molecule has 150 valence electrons. The topological polar surface area (TPSA) is 119 Å². The molecule has 9 nitrogen and oxygen atoms in total. The number of anilines is 1. The van der Waals surface area contributed by atoms with Gasteiger partial charge < -0.3 is 9.64 Å². The van der Waals surface area contributed by atoms with Crippen LogP contribution >= 0.6 is 0 Å². The molecule has 0 bridgehead atoms. The fourth-order valence-corrected chi connectivity index (χ4v) is 3.44. The Morgan fingerprint density at radius 2 is 1.93 bits per heavy atom. The molecule has 0 amide bonds. The van der Waals surface area contributed by atoms with Crippen LogP contribution in [0.5, 0.6) is 0 Å². The first-order valence-corrected chi connectivity index (χ1v) is 9.75. The molecule has 10 heteroatoms. The third-order valence-corrected chi connectivity index (χ3v) is 5.22. The summed E-state index contributed by atoms with van der Waals surface area (Å²) < 4.78 is 31.9. The van der Waals surface area contributed by atoms with Crippen molar-refractivity contribution in [3.05, 3.63) is 63.7 Å². The van der Waals surface area contributed by atoms with Gasteiger partial charge >= 0.3 is 5.97 Å². The Balaban J connectivity index is 2.04. The summed E-state index contributed by atoms with van der Waals surface area (Å²) in [6, 6.07) is 10.9. The molecule has 28 heavy (non-hydrogen) atoms. The molecule has 0 aromatic heterocycles. The lowest BCUT2D eigenvalue weighted by molar-refractivity contribution is -0.384. The van der Waals surface area contributed by atoms with E-state index in [0.717, 1.165) is 17.2 Å². The molecular weight excluding hydrogens is 386 g/mol. The summed E-state index contributed by atoms with van der Waals surface area (Å²) in [4.78, 5) is 23.6. The van der Waals surface area contributed by atoms with Crippen molar-refractivity contribution in [3.63, 3.8) is 0 Å². The number of aryl methyl sites for hydroxylation is 1. The van der Waals surface area contributed by atoms with Crippen LogP contribution in [0, 0.1) is 17.0 Å². The first kappa shape index (κ1) is 21.3. The second kappa shape index (κ2) is 8.81. The molecule has 0 aliphatic rings. The molecule has 0 aliphatic carbocycles. The highest BCUT2D eigenvalue weighted by molar-refractivity contribution is 7.89. The lowest BCUT2D eigenvalue weighted by atomic mass is 10.1. The maximum absolute atomic E-state index is 12.4. The average molecular weight is 407 g/mol. The minimum absolute atomic E-state index is 0.0191. The fraction of sp³-hybridized carbons (Fsp3) is 0.278. The van der Waals surface area contributed by atoms with E-state index < -0.39 is 27.5 Å². The molecule has 2 aromatic carbocycles. The maximum Gasteiger partial charge on any atom is 0.321 e. The minimum Gasteiger partial charge on any atom is -0.460 e. The number of nitrogens with zero attached hydrogens (tertiary/aromatic N) is 2. The highest BCUT2D eigenvalue weighted by Gasteiger charge is 2.23. The number of sulfonamides is 1. The highest BCUT2D eigenvalue weighted by atomic mass is 32.2. The summed E-state index contributed by atoms with van der Waals surface area (Å²) in [6.07, 6.45) is 0. The predicted octanol–water partition coefficient (Wildman–Crippen LogP) is 1.99. The Labute approximate surface area is 163 Å². The van der Waals surface area contributed by atoms with E-state index in [1.54, 1.807) is 20.2 Å². The fourth-order valence-electron chi connectivity index (χ4n) is 2.45. The van der Waals surface area contributed by atoms with E-state index in [4.69, 9.17) is 4.74 Å². The number of benzene rings is 2. The van der Waals surface area contributed by atoms with Crippen LogP contribution in [-0.2, 0) is 26.2 Å². The molecule has 0 spiro atoms. The van der Waals surface area contributed by atoms with Gasteiger partial charge in [-0.2, -0.15) is 4.72 Å². The zero-order valence-electron chi connectivity index (χ0n) is 15.7. The number of ether oxygens (including phenoxy) is 1. The number of nitro groups is 1.